The van der Waals surface area contributed by atoms with Gasteiger partial charge in [0.05, 0.1) is 4.90 Å². The molecule has 0 aromatic heterocycles. The molecule has 0 aliphatic carbocycles. The van der Waals surface area contributed by atoms with E-state index in [-0.39, 0.29) is 4.90 Å². The minimum absolute atomic E-state index is 0.0666. The van der Waals surface area contributed by atoms with Crippen LogP contribution in [0.1, 0.15) is 5.56 Å². The number of rotatable bonds is 1. The highest BCUT2D eigenvalue weighted by Gasteiger charge is 2.06. The minimum atomic E-state index is -4.02. The van der Waals surface area contributed by atoms with E-state index in [1.807, 2.05) is 13.0 Å². The Morgan fingerprint density at radius 2 is 1.78 bits per heavy atom. The summed E-state index contributed by atoms with van der Waals surface area (Å²) in [7, 11) is -1.96. The van der Waals surface area contributed by atoms with Crippen LogP contribution in [-0.4, -0.2) is 31.5 Å². The molecule has 0 saturated heterocycles. The Morgan fingerprint density at radius 3 is 2.11 bits per heavy atom. The number of hydrogen-bond donors (Lipinski definition) is 1. The highest BCUT2D eigenvalue weighted by molar-refractivity contribution is 7.85. The van der Waals surface area contributed by atoms with E-state index < -0.39 is 10.1 Å². The van der Waals surface area contributed by atoms with Gasteiger partial charge in [0.1, 0.15) is 0 Å². The van der Waals surface area contributed by atoms with Crippen molar-refractivity contribution < 1.29 is 13.0 Å². The van der Waals surface area contributed by atoms with E-state index in [9.17, 15) is 8.42 Å². The lowest BCUT2D eigenvalue weighted by Gasteiger charge is -2.11. The van der Waals surface area contributed by atoms with Crippen molar-refractivity contribution in [3.63, 3.8) is 0 Å². The maximum absolute atomic E-state index is 10.5. The van der Waals surface area contributed by atoms with Gasteiger partial charge in [-0.05, 0) is 31.3 Å². The first-order chi connectivity index (χ1) is 8.39. The average Bonchev–Trinajstić information content (AvgIpc) is 2.30. The van der Waals surface area contributed by atoms with E-state index in [1.54, 1.807) is 12.1 Å². The highest BCUT2D eigenvalue weighted by Crippen LogP contribution is 2.08. The zero-order valence-electron chi connectivity index (χ0n) is 10.4. The Labute approximate surface area is 108 Å². The Bertz CT molecular complexity index is 530. The molecule has 98 valence electrons. The van der Waals surface area contributed by atoms with Crippen molar-refractivity contribution in [3.8, 4) is 0 Å². The summed E-state index contributed by atoms with van der Waals surface area (Å²) in [5.74, 6) is 0. The highest BCUT2D eigenvalue weighted by atomic mass is 32.2. The summed E-state index contributed by atoms with van der Waals surface area (Å²) in [5.41, 5.74) is 0.956. The van der Waals surface area contributed by atoms with E-state index in [0.717, 1.165) is 12.1 Å². The zero-order valence-corrected chi connectivity index (χ0v) is 11.3. The van der Waals surface area contributed by atoms with Crippen LogP contribution < -0.4 is 0 Å². The Morgan fingerprint density at radius 1 is 1.17 bits per heavy atom. The van der Waals surface area contributed by atoms with E-state index in [2.05, 4.69) is 30.3 Å². The average molecular weight is 267 g/mol. The third-order valence-electron chi connectivity index (χ3n) is 2.30. The molecule has 1 aromatic rings. The third-order valence-corrected chi connectivity index (χ3v) is 3.17. The molecule has 1 N–H and O–H groups in total. The minimum Gasteiger partial charge on any atom is -0.377 e. The fourth-order valence-electron chi connectivity index (χ4n) is 1.27. The quantitative estimate of drug-likeness (QED) is 0.793. The Kier molecular flexibility index (Phi) is 5.12. The molecular weight excluding hydrogens is 250 g/mol. The second kappa shape index (κ2) is 6.37. The summed E-state index contributed by atoms with van der Waals surface area (Å²) in [6.45, 7) is 2.89. The smallest absolute Gasteiger partial charge is 0.294 e. The molecule has 0 atom stereocenters. The normalized spacial score (nSPS) is 14.1. The maximum Gasteiger partial charge on any atom is 0.294 e. The van der Waals surface area contributed by atoms with Crippen LogP contribution in [-0.2, 0) is 10.1 Å². The van der Waals surface area contributed by atoms with Gasteiger partial charge < -0.3 is 4.90 Å². The summed E-state index contributed by atoms with van der Waals surface area (Å²) in [4.78, 5) is 2.06. The number of benzene rings is 1. The van der Waals surface area contributed by atoms with Gasteiger partial charge in [0.25, 0.3) is 10.1 Å². The van der Waals surface area contributed by atoms with Gasteiger partial charge in [0.2, 0.25) is 0 Å². The first-order valence-corrected chi connectivity index (χ1v) is 6.91. The molecule has 0 unspecified atom stereocenters. The van der Waals surface area contributed by atoms with Gasteiger partial charge in [-0.2, -0.15) is 8.42 Å². The molecule has 1 aliphatic rings. The number of aryl methyl sites for hydroxylation is 1. The van der Waals surface area contributed by atoms with Crippen molar-refractivity contribution in [1.29, 1.82) is 0 Å². The summed E-state index contributed by atoms with van der Waals surface area (Å²) < 4.78 is 29.6. The van der Waals surface area contributed by atoms with Gasteiger partial charge in [-0.15, -0.1) is 0 Å². The second-order valence-corrected chi connectivity index (χ2v) is 5.42. The third kappa shape index (κ3) is 5.16. The van der Waals surface area contributed by atoms with E-state index >= 15 is 0 Å². The van der Waals surface area contributed by atoms with Crippen molar-refractivity contribution in [2.24, 2.45) is 0 Å². The maximum atomic E-state index is 10.5. The van der Waals surface area contributed by atoms with Crippen LogP contribution in [0.5, 0.6) is 0 Å². The lowest BCUT2D eigenvalue weighted by molar-refractivity contribution is 0.483. The topological polar surface area (TPSA) is 57.6 Å². The molecule has 5 heteroatoms. The molecule has 0 fully saturated rings. The lowest BCUT2D eigenvalue weighted by Crippen LogP contribution is -2.11. The molecular formula is C13H17NO3S. The SMILES string of the molecule is CN1C=CC=CC1.Cc1ccc(S(=O)(=O)O)cc1. The summed E-state index contributed by atoms with van der Waals surface area (Å²) in [5, 5.41) is 0. The van der Waals surface area contributed by atoms with E-state index in [4.69, 9.17) is 4.55 Å². The van der Waals surface area contributed by atoms with Crippen molar-refractivity contribution in [2.75, 3.05) is 13.6 Å². The van der Waals surface area contributed by atoms with Crippen LogP contribution in [0, 0.1) is 6.92 Å². The van der Waals surface area contributed by atoms with Crippen molar-refractivity contribution in [3.05, 3.63) is 54.3 Å². The first kappa shape index (κ1) is 14.5. The largest absolute Gasteiger partial charge is 0.377 e. The number of hydrogen-bond acceptors (Lipinski definition) is 3. The molecule has 4 nitrogen and oxygen atoms in total. The van der Waals surface area contributed by atoms with Crippen LogP contribution in [0.2, 0.25) is 0 Å². The van der Waals surface area contributed by atoms with Gasteiger partial charge >= 0.3 is 0 Å². The summed E-state index contributed by atoms with van der Waals surface area (Å²) in [6, 6.07) is 5.99. The molecule has 0 spiro atoms. The molecule has 2 rings (SSSR count). The van der Waals surface area contributed by atoms with Crippen LogP contribution in [0.3, 0.4) is 0 Å². The number of allylic oxidation sites excluding steroid dienone is 2. The second-order valence-electron chi connectivity index (χ2n) is 4.00. The Hall–Kier alpha value is -1.59. The van der Waals surface area contributed by atoms with Crippen molar-refractivity contribution >= 4 is 10.1 Å². The monoisotopic (exact) mass is 267 g/mol. The molecule has 1 aromatic carbocycles. The number of likely N-dealkylation sites (N-methyl/N-ethyl adjacent to an activating group) is 1. The lowest BCUT2D eigenvalue weighted by atomic mass is 10.2. The molecule has 1 aliphatic heterocycles. The van der Waals surface area contributed by atoms with Crippen LogP contribution in [0.25, 0.3) is 0 Å². The predicted octanol–water partition coefficient (Wildman–Crippen LogP) is 2.24. The molecule has 18 heavy (non-hydrogen) atoms. The van der Waals surface area contributed by atoms with Gasteiger partial charge in [0, 0.05) is 13.6 Å². The predicted molar refractivity (Wildman–Crippen MR) is 71.9 cm³/mol. The fraction of sp³-hybridized carbons (Fsp3) is 0.231. The van der Waals surface area contributed by atoms with Crippen molar-refractivity contribution in [1.82, 2.24) is 4.90 Å². The van der Waals surface area contributed by atoms with E-state index in [1.165, 1.54) is 12.1 Å². The standard InChI is InChI=1S/C7H8O3S.C6H9N/c1-6-2-4-7(5-3-6)11(8,9)10;1-7-5-3-2-4-6-7/h2-5H,1H3,(H,8,9,10);2-5H,6H2,1H3. The van der Waals surface area contributed by atoms with Gasteiger partial charge in [-0.3, -0.25) is 4.55 Å². The summed E-state index contributed by atoms with van der Waals surface area (Å²) >= 11 is 0. The summed E-state index contributed by atoms with van der Waals surface area (Å²) in [6.07, 6.45) is 8.27. The fourth-order valence-corrected chi connectivity index (χ4v) is 1.75. The van der Waals surface area contributed by atoms with Gasteiger partial charge in [0.15, 0.2) is 0 Å². The molecule has 0 saturated carbocycles. The zero-order chi connectivity index (χ0) is 13.6. The molecule has 0 amide bonds. The molecule has 0 bridgehead atoms. The van der Waals surface area contributed by atoms with Crippen LogP contribution >= 0.6 is 0 Å². The van der Waals surface area contributed by atoms with Crippen molar-refractivity contribution in [2.45, 2.75) is 11.8 Å². The first-order valence-electron chi connectivity index (χ1n) is 5.47. The molecule has 1 heterocycles. The van der Waals surface area contributed by atoms with Crippen LogP contribution in [0.4, 0.5) is 0 Å². The number of nitrogens with zero attached hydrogens (tertiary/aromatic N) is 1. The molecule has 0 radical (unpaired) electrons. The van der Waals surface area contributed by atoms with Gasteiger partial charge in [-0.1, -0.05) is 29.8 Å². The van der Waals surface area contributed by atoms with Gasteiger partial charge in [-0.25, -0.2) is 0 Å². The Balaban J connectivity index is 0.000000199. The van der Waals surface area contributed by atoms with E-state index in [0.29, 0.717) is 0 Å². The van der Waals surface area contributed by atoms with Crippen LogP contribution in [0.15, 0.2) is 53.6 Å².